The van der Waals surface area contributed by atoms with Crippen LogP contribution in [0.3, 0.4) is 0 Å². The normalized spacial score (nSPS) is 10.3. The van der Waals surface area contributed by atoms with Gasteiger partial charge in [0.05, 0.1) is 24.5 Å². The van der Waals surface area contributed by atoms with Crippen LogP contribution in [0.5, 0.6) is 5.75 Å². The quantitative estimate of drug-likeness (QED) is 0.713. The number of hydrogen-bond acceptors (Lipinski definition) is 4. The van der Waals surface area contributed by atoms with Crippen LogP contribution in [-0.2, 0) is 0 Å². The topological polar surface area (TPSA) is 75.8 Å². The lowest BCUT2D eigenvalue weighted by molar-refractivity contribution is 0.0715. The summed E-state index contributed by atoms with van der Waals surface area (Å²) in [5.74, 6) is 0.280. The fraction of sp³-hybridized carbons (Fsp3) is 0.533. The largest absolute Gasteiger partial charge is 0.491 e. The lowest BCUT2D eigenvalue weighted by Gasteiger charge is -2.23. The van der Waals surface area contributed by atoms with E-state index in [1.54, 1.807) is 23.1 Å². The third-order valence-electron chi connectivity index (χ3n) is 3.00. The van der Waals surface area contributed by atoms with Gasteiger partial charge in [-0.3, -0.25) is 4.79 Å². The summed E-state index contributed by atoms with van der Waals surface area (Å²) in [7, 11) is 0. The van der Waals surface area contributed by atoms with Gasteiger partial charge in [0.2, 0.25) is 0 Å². The van der Waals surface area contributed by atoms with Crippen LogP contribution in [0.1, 0.15) is 37.0 Å². The molecule has 112 valence electrons. The Morgan fingerprint density at radius 3 is 2.70 bits per heavy atom. The monoisotopic (exact) mass is 280 g/mol. The zero-order chi connectivity index (χ0) is 15.0. The summed E-state index contributed by atoms with van der Waals surface area (Å²) in [6.45, 7) is 5.25. The highest BCUT2D eigenvalue weighted by Crippen LogP contribution is 2.27. The standard InChI is InChI=1S/C15H24N2O3/c1-3-5-9-17(10-11-18)15(19)12-7-6-8-13(16)14(12)20-4-2/h6-8,18H,3-5,9-11,16H2,1-2H3. The Labute approximate surface area is 120 Å². The first kappa shape index (κ1) is 16.3. The number of unbranched alkanes of at least 4 members (excludes halogenated alkanes) is 1. The number of carbonyl (C=O) groups is 1. The smallest absolute Gasteiger partial charge is 0.257 e. The summed E-state index contributed by atoms with van der Waals surface area (Å²) in [5.41, 5.74) is 6.79. The number of nitrogen functional groups attached to an aromatic ring is 1. The summed E-state index contributed by atoms with van der Waals surface area (Å²) in [6.07, 6.45) is 1.89. The third kappa shape index (κ3) is 4.13. The van der Waals surface area contributed by atoms with Crippen molar-refractivity contribution in [2.24, 2.45) is 0 Å². The van der Waals surface area contributed by atoms with E-state index >= 15 is 0 Å². The van der Waals surface area contributed by atoms with Crippen molar-refractivity contribution >= 4 is 11.6 Å². The first-order valence-corrected chi connectivity index (χ1v) is 7.07. The minimum Gasteiger partial charge on any atom is -0.491 e. The van der Waals surface area contributed by atoms with E-state index in [2.05, 4.69) is 6.92 Å². The van der Waals surface area contributed by atoms with Crippen LogP contribution >= 0.6 is 0 Å². The predicted octanol–water partition coefficient (Wildman–Crippen LogP) is 1.90. The van der Waals surface area contributed by atoms with Gasteiger partial charge in [0, 0.05) is 13.1 Å². The van der Waals surface area contributed by atoms with Gasteiger partial charge in [-0.2, -0.15) is 0 Å². The Morgan fingerprint density at radius 2 is 2.10 bits per heavy atom. The molecule has 1 amide bonds. The Balaban J connectivity index is 3.01. The lowest BCUT2D eigenvalue weighted by Crippen LogP contribution is -2.34. The number of hydrogen-bond donors (Lipinski definition) is 2. The van der Waals surface area contributed by atoms with Gasteiger partial charge < -0.3 is 20.5 Å². The average molecular weight is 280 g/mol. The highest BCUT2D eigenvalue weighted by molar-refractivity contribution is 5.98. The molecule has 20 heavy (non-hydrogen) atoms. The zero-order valence-electron chi connectivity index (χ0n) is 12.3. The number of rotatable bonds is 8. The van der Waals surface area contributed by atoms with Gasteiger partial charge in [-0.25, -0.2) is 0 Å². The van der Waals surface area contributed by atoms with Crippen molar-refractivity contribution in [1.29, 1.82) is 0 Å². The zero-order valence-corrected chi connectivity index (χ0v) is 12.3. The summed E-state index contributed by atoms with van der Waals surface area (Å²) in [4.78, 5) is 14.2. The maximum atomic E-state index is 12.6. The number of aliphatic hydroxyl groups excluding tert-OH is 1. The van der Waals surface area contributed by atoms with Crippen molar-refractivity contribution in [3.63, 3.8) is 0 Å². The predicted molar refractivity (Wildman–Crippen MR) is 79.9 cm³/mol. The molecular formula is C15H24N2O3. The van der Waals surface area contributed by atoms with Gasteiger partial charge in [0.15, 0.2) is 5.75 Å². The molecule has 0 unspecified atom stereocenters. The maximum absolute atomic E-state index is 12.6. The molecule has 0 aliphatic rings. The highest BCUT2D eigenvalue weighted by atomic mass is 16.5. The van der Waals surface area contributed by atoms with Gasteiger partial charge in [0.25, 0.3) is 5.91 Å². The van der Waals surface area contributed by atoms with Crippen LogP contribution in [0.4, 0.5) is 5.69 Å². The van der Waals surface area contributed by atoms with Gasteiger partial charge in [-0.15, -0.1) is 0 Å². The number of anilines is 1. The SMILES string of the molecule is CCCCN(CCO)C(=O)c1cccc(N)c1OCC. The Morgan fingerprint density at radius 1 is 1.35 bits per heavy atom. The fourth-order valence-corrected chi connectivity index (χ4v) is 1.98. The van der Waals surface area contributed by atoms with E-state index < -0.39 is 0 Å². The number of amides is 1. The molecule has 0 aliphatic carbocycles. The van der Waals surface area contributed by atoms with E-state index in [0.717, 1.165) is 12.8 Å². The van der Waals surface area contributed by atoms with Crippen molar-refractivity contribution in [3.8, 4) is 5.75 Å². The van der Waals surface area contributed by atoms with Crippen LogP contribution in [0.15, 0.2) is 18.2 Å². The number of carbonyl (C=O) groups excluding carboxylic acids is 1. The number of aliphatic hydroxyl groups is 1. The summed E-state index contributed by atoms with van der Waals surface area (Å²) in [6, 6.07) is 5.16. The number of nitrogens with zero attached hydrogens (tertiary/aromatic N) is 1. The summed E-state index contributed by atoms with van der Waals surface area (Å²) >= 11 is 0. The molecule has 3 N–H and O–H groups in total. The van der Waals surface area contributed by atoms with E-state index in [1.807, 2.05) is 6.92 Å². The molecule has 0 spiro atoms. The first-order valence-electron chi connectivity index (χ1n) is 7.07. The Bertz CT molecular complexity index is 435. The molecule has 0 aliphatic heterocycles. The summed E-state index contributed by atoms with van der Waals surface area (Å²) < 4.78 is 5.49. The van der Waals surface area contributed by atoms with Crippen molar-refractivity contribution in [2.45, 2.75) is 26.7 Å². The molecule has 0 atom stereocenters. The molecule has 0 bridgehead atoms. The second kappa shape index (κ2) is 8.43. The van der Waals surface area contributed by atoms with Crippen molar-refractivity contribution in [3.05, 3.63) is 23.8 Å². The molecule has 5 nitrogen and oxygen atoms in total. The minimum absolute atomic E-state index is 0.0538. The van der Waals surface area contributed by atoms with Crippen molar-refractivity contribution in [1.82, 2.24) is 4.90 Å². The van der Waals surface area contributed by atoms with Crippen LogP contribution in [0.25, 0.3) is 0 Å². The summed E-state index contributed by atoms with van der Waals surface area (Å²) in [5, 5.41) is 9.11. The fourth-order valence-electron chi connectivity index (χ4n) is 1.98. The number of benzene rings is 1. The van der Waals surface area contributed by atoms with Crippen LogP contribution in [0.2, 0.25) is 0 Å². The molecule has 0 aromatic heterocycles. The molecule has 1 rings (SSSR count). The average Bonchev–Trinajstić information content (AvgIpc) is 2.45. The van der Waals surface area contributed by atoms with Gasteiger partial charge >= 0.3 is 0 Å². The second-order valence-electron chi connectivity index (χ2n) is 4.53. The van der Waals surface area contributed by atoms with Gasteiger partial charge in [-0.05, 0) is 25.5 Å². The second-order valence-corrected chi connectivity index (χ2v) is 4.53. The highest BCUT2D eigenvalue weighted by Gasteiger charge is 2.20. The Hall–Kier alpha value is -1.75. The molecule has 1 aromatic rings. The first-order chi connectivity index (χ1) is 9.65. The third-order valence-corrected chi connectivity index (χ3v) is 3.00. The van der Waals surface area contributed by atoms with E-state index in [-0.39, 0.29) is 12.5 Å². The Kier molecular flexibility index (Phi) is 6.87. The molecule has 1 aromatic carbocycles. The van der Waals surface area contributed by atoms with E-state index in [1.165, 1.54) is 0 Å². The molecule has 5 heteroatoms. The molecule has 0 heterocycles. The van der Waals surface area contributed by atoms with E-state index in [4.69, 9.17) is 15.6 Å². The van der Waals surface area contributed by atoms with Crippen LogP contribution < -0.4 is 10.5 Å². The van der Waals surface area contributed by atoms with Gasteiger partial charge in [-0.1, -0.05) is 19.4 Å². The van der Waals surface area contributed by atoms with Gasteiger partial charge in [0.1, 0.15) is 0 Å². The maximum Gasteiger partial charge on any atom is 0.257 e. The number of para-hydroxylation sites is 1. The minimum atomic E-state index is -0.150. The van der Waals surface area contributed by atoms with Crippen LogP contribution in [-0.4, -0.2) is 42.2 Å². The van der Waals surface area contributed by atoms with Crippen LogP contribution in [0, 0.1) is 0 Å². The van der Waals surface area contributed by atoms with E-state index in [9.17, 15) is 4.79 Å². The molecule has 0 radical (unpaired) electrons. The lowest BCUT2D eigenvalue weighted by atomic mass is 10.1. The number of nitrogens with two attached hydrogens (primary N) is 1. The van der Waals surface area contributed by atoms with Crippen molar-refractivity contribution in [2.75, 3.05) is 32.0 Å². The van der Waals surface area contributed by atoms with Crippen molar-refractivity contribution < 1.29 is 14.6 Å². The molecular weight excluding hydrogens is 256 g/mol. The van der Waals surface area contributed by atoms with E-state index in [0.29, 0.717) is 36.7 Å². The number of ether oxygens (including phenoxy) is 1. The molecule has 0 fully saturated rings. The molecule has 0 saturated carbocycles. The molecule has 0 saturated heterocycles.